The minimum atomic E-state index is -3.97. The molecule has 0 aliphatic carbocycles. The van der Waals surface area contributed by atoms with Crippen molar-refractivity contribution in [3.8, 4) is 11.5 Å². The van der Waals surface area contributed by atoms with Crippen molar-refractivity contribution in [2.24, 2.45) is 5.10 Å². The maximum atomic E-state index is 12.8. The van der Waals surface area contributed by atoms with Crippen molar-refractivity contribution in [2.75, 3.05) is 18.5 Å². The summed E-state index contributed by atoms with van der Waals surface area (Å²) in [7, 11) is -3.97. The molecule has 0 atom stereocenters. The van der Waals surface area contributed by atoms with Crippen molar-refractivity contribution in [3.63, 3.8) is 0 Å². The second kappa shape index (κ2) is 11.8. The van der Waals surface area contributed by atoms with E-state index in [1.807, 2.05) is 0 Å². The molecule has 0 saturated carbocycles. The van der Waals surface area contributed by atoms with E-state index < -0.39 is 45.4 Å². The average Bonchev–Trinajstić information content (AvgIpc) is 2.77. The van der Waals surface area contributed by atoms with Crippen LogP contribution in [-0.2, 0) is 10.0 Å². The van der Waals surface area contributed by atoms with Crippen LogP contribution >= 0.6 is 0 Å². The van der Waals surface area contributed by atoms with Crippen molar-refractivity contribution in [1.29, 1.82) is 0 Å². The van der Waals surface area contributed by atoms with Crippen LogP contribution in [0.1, 0.15) is 26.3 Å². The molecular weight excluding hydrogens is 500 g/mol. The molecule has 10 nitrogen and oxygen atoms in total. The zero-order chi connectivity index (χ0) is 26.3. The van der Waals surface area contributed by atoms with Crippen LogP contribution in [0.4, 0.5) is 28.9 Å². The van der Waals surface area contributed by atoms with E-state index in [1.165, 1.54) is 6.92 Å². The van der Waals surface area contributed by atoms with Crippen molar-refractivity contribution < 1.29 is 40.4 Å². The number of hydrogen-bond donors (Lipinski definition) is 1. The summed E-state index contributed by atoms with van der Waals surface area (Å²) in [6.07, 6.45) is 0. The molecule has 15 heteroatoms. The topological polar surface area (TPSA) is 123 Å². The molecule has 192 valence electrons. The van der Waals surface area contributed by atoms with Gasteiger partial charge in [-0.15, -0.1) is 0 Å². The van der Waals surface area contributed by atoms with Gasteiger partial charge in [0.25, 0.3) is 5.69 Å². The Kier molecular flexibility index (Phi) is 9.36. The van der Waals surface area contributed by atoms with Crippen LogP contribution in [0.25, 0.3) is 0 Å². The van der Waals surface area contributed by atoms with E-state index in [4.69, 9.17) is 0 Å². The summed E-state index contributed by atoms with van der Waals surface area (Å²) in [6.45, 7) is -1.54. The molecule has 0 aliphatic heterocycles. The van der Waals surface area contributed by atoms with E-state index in [2.05, 4.69) is 20.0 Å². The number of anilines is 1. The molecule has 35 heavy (non-hydrogen) atoms. The Balaban J connectivity index is 2.42. The quantitative estimate of drug-likeness (QED) is 0.186. The van der Waals surface area contributed by atoms with Gasteiger partial charge in [0.2, 0.25) is 10.0 Å². The monoisotopic (exact) mass is 522 g/mol. The number of hydrogen-bond acceptors (Lipinski definition) is 8. The number of hydrazone groups is 1. The van der Waals surface area contributed by atoms with E-state index in [0.29, 0.717) is 0 Å². The fourth-order valence-electron chi connectivity index (χ4n) is 3.01. The van der Waals surface area contributed by atoms with E-state index in [0.717, 1.165) is 40.7 Å². The Morgan fingerprint density at radius 3 is 2.26 bits per heavy atom. The number of nitrogens with zero attached hydrogens (tertiary/aromatic N) is 3. The molecule has 0 radical (unpaired) electrons. The van der Waals surface area contributed by atoms with Gasteiger partial charge in [0, 0.05) is 30.8 Å². The molecule has 2 aromatic rings. The molecule has 0 spiro atoms. The molecule has 0 aromatic heterocycles. The lowest BCUT2D eigenvalue weighted by Crippen LogP contribution is -2.30. The minimum absolute atomic E-state index is 0.00150. The highest BCUT2D eigenvalue weighted by Crippen LogP contribution is 2.31. The lowest BCUT2D eigenvalue weighted by atomic mass is 10.1. The third kappa shape index (κ3) is 7.02. The number of halogens is 4. The van der Waals surface area contributed by atoms with Gasteiger partial charge in [0.1, 0.15) is 17.2 Å². The number of benzene rings is 2. The van der Waals surface area contributed by atoms with E-state index >= 15 is 0 Å². The predicted octanol–water partition coefficient (Wildman–Crippen LogP) is 4.66. The Hall–Kier alpha value is -3.46. The maximum Gasteiger partial charge on any atom is 0.387 e. The largest absolute Gasteiger partial charge is 0.435 e. The van der Waals surface area contributed by atoms with Gasteiger partial charge in [-0.3, -0.25) is 15.5 Å². The molecule has 2 rings (SSSR count). The van der Waals surface area contributed by atoms with Crippen molar-refractivity contribution in [2.45, 2.75) is 38.9 Å². The fraction of sp³-hybridized carbons (Fsp3) is 0.350. The van der Waals surface area contributed by atoms with Crippen LogP contribution in [0.15, 0.2) is 46.4 Å². The van der Waals surface area contributed by atoms with Crippen molar-refractivity contribution >= 4 is 27.1 Å². The third-order valence-electron chi connectivity index (χ3n) is 4.64. The molecule has 0 aliphatic rings. The molecule has 0 fully saturated rings. The second-order valence-corrected chi connectivity index (χ2v) is 8.69. The van der Waals surface area contributed by atoms with Crippen LogP contribution in [0.2, 0.25) is 0 Å². The molecule has 2 aromatic carbocycles. The number of nitro benzene ring substituents is 1. The van der Waals surface area contributed by atoms with Crippen molar-refractivity contribution in [1.82, 2.24) is 4.31 Å². The fourth-order valence-corrected chi connectivity index (χ4v) is 4.48. The molecule has 1 N–H and O–H groups in total. The summed E-state index contributed by atoms with van der Waals surface area (Å²) in [6, 6.07) is 6.22. The number of nitrogens with one attached hydrogen (secondary N) is 1. The van der Waals surface area contributed by atoms with Gasteiger partial charge < -0.3 is 9.47 Å². The zero-order valence-corrected chi connectivity index (χ0v) is 19.6. The van der Waals surface area contributed by atoms with Gasteiger partial charge in [-0.2, -0.15) is 27.0 Å². The first kappa shape index (κ1) is 27.8. The van der Waals surface area contributed by atoms with Gasteiger partial charge in [0.05, 0.1) is 15.5 Å². The SMILES string of the molecule is CCN(CC)S(=O)(=O)c1ccc(NN=C(C)c2ccc(OC(F)F)cc2OC(F)F)c([N+](=O)[O-])c1. The number of nitro groups is 1. The van der Waals surface area contributed by atoms with Crippen LogP contribution in [-0.4, -0.2) is 49.7 Å². The first-order chi connectivity index (χ1) is 16.4. The van der Waals surface area contributed by atoms with Crippen LogP contribution in [0.5, 0.6) is 11.5 Å². The van der Waals surface area contributed by atoms with Crippen LogP contribution in [0, 0.1) is 10.1 Å². The van der Waals surface area contributed by atoms with Gasteiger partial charge in [-0.05, 0) is 31.2 Å². The molecule has 0 unspecified atom stereocenters. The van der Waals surface area contributed by atoms with E-state index in [-0.39, 0.29) is 34.9 Å². The summed E-state index contributed by atoms with van der Waals surface area (Å²) in [5, 5.41) is 15.5. The van der Waals surface area contributed by atoms with Crippen LogP contribution in [0.3, 0.4) is 0 Å². The average molecular weight is 522 g/mol. The standard InChI is InChI=1S/C20H22F4N4O6S/c1-4-27(5-2)35(31,32)14-7-9-16(17(11-14)28(29)30)26-25-12(3)15-8-6-13(33-19(21)22)10-18(15)34-20(23)24/h6-11,19-20,26H,4-5H2,1-3H3. The second-order valence-electron chi connectivity index (χ2n) is 6.75. The number of rotatable bonds is 12. The summed E-state index contributed by atoms with van der Waals surface area (Å²) in [5.74, 6) is -0.947. The summed E-state index contributed by atoms with van der Waals surface area (Å²) >= 11 is 0. The zero-order valence-electron chi connectivity index (χ0n) is 18.7. The predicted molar refractivity (Wildman–Crippen MR) is 119 cm³/mol. The summed E-state index contributed by atoms with van der Waals surface area (Å²) < 4.78 is 85.5. The smallest absolute Gasteiger partial charge is 0.387 e. The summed E-state index contributed by atoms with van der Waals surface area (Å²) in [5.41, 5.74) is 1.58. The first-order valence-corrected chi connectivity index (χ1v) is 11.5. The van der Waals surface area contributed by atoms with Crippen LogP contribution < -0.4 is 14.9 Å². The molecule has 0 bridgehead atoms. The Labute approximate surface area is 198 Å². The van der Waals surface area contributed by atoms with Crippen molar-refractivity contribution in [3.05, 3.63) is 52.1 Å². The molecule has 0 amide bonds. The molecule has 0 heterocycles. The lowest BCUT2D eigenvalue weighted by molar-refractivity contribution is -0.384. The van der Waals surface area contributed by atoms with Gasteiger partial charge in [0.15, 0.2) is 0 Å². The van der Waals surface area contributed by atoms with Gasteiger partial charge >= 0.3 is 13.2 Å². The van der Waals surface area contributed by atoms with E-state index in [1.54, 1.807) is 13.8 Å². The first-order valence-electron chi connectivity index (χ1n) is 10.0. The third-order valence-corrected chi connectivity index (χ3v) is 6.68. The highest BCUT2D eigenvalue weighted by molar-refractivity contribution is 7.89. The lowest BCUT2D eigenvalue weighted by Gasteiger charge is -2.18. The number of sulfonamides is 1. The number of alkyl halides is 4. The highest BCUT2D eigenvalue weighted by atomic mass is 32.2. The Morgan fingerprint density at radius 1 is 1.09 bits per heavy atom. The Morgan fingerprint density at radius 2 is 1.71 bits per heavy atom. The molecular formula is C20H22F4N4O6S. The van der Waals surface area contributed by atoms with E-state index in [9.17, 15) is 36.1 Å². The normalized spacial score (nSPS) is 12.3. The Bertz CT molecular complexity index is 1190. The minimum Gasteiger partial charge on any atom is -0.435 e. The highest BCUT2D eigenvalue weighted by Gasteiger charge is 2.26. The van der Waals surface area contributed by atoms with Gasteiger partial charge in [-0.1, -0.05) is 13.8 Å². The van der Waals surface area contributed by atoms with Gasteiger partial charge in [-0.25, -0.2) is 8.42 Å². The number of ether oxygens (including phenoxy) is 2. The molecule has 0 saturated heterocycles. The summed E-state index contributed by atoms with van der Waals surface area (Å²) in [4.78, 5) is 10.5. The maximum absolute atomic E-state index is 12.8.